The van der Waals surface area contributed by atoms with Gasteiger partial charge in [-0.15, -0.1) is 0 Å². The Morgan fingerprint density at radius 3 is 2.52 bits per heavy atom. The lowest BCUT2D eigenvalue weighted by Crippen LogP contribution is -2.33. The maximum absolute atomic E-state index is 13.1. The van der Waals surface area contributed by atoms with Gasteiger partial charge in [-0.25, -0.2) is 13.2 Å². The second kappa shape index (κ2) is 8.97. The van der Waals surface area contributed by atoms with Crippen LogP contribution in [0.3, 0.4) is 0 Å². The van der Waals surface area contributed by atoms with Crippen LogP contribution in [0.1, 0.15) is 43.1 Å². The second-order valence-electron chi connectivity index (χ2n) is 7.54. The fraction of sp³-hybridized carbons (Fsp3) is 0.364. The summed E-state index contributed by atoms with van der Waals surface area (Å²) in [6.07, 6.45) is 1.14. The van der Waals surface area contributed by atoms with Crippen LogP contribution in [-0.4, -0.2) is 40.1 Å². The van der Waals surface area contributed by atoms with Gasteiger partial charge in [0.1, 0.15) is 5.75 Å². The lowest BCUT2D eigenvalue weighted by Gasteiger charge is -2.28. The molecular formula is C22H26N2O6S. The van der Waals surface area contributed by atoms with E-state index in [4.69, 9.17) is 9.47 Å². The number of nitrogens with zero attached hydrogens (tertiary/aromatic N) is 1. The number of esters is 1. The van der Waals surface area contributed by atoms with Gasteiger partial charge in [-0.2, -0.15) is 0 Å². The number of benzene rings is 2. The topological polar surface area (TPSA) is 102 Å². The molecule has 1 amide bonds. The number of carbonyl (C=O) groups is 2. The van der Waals surface area contributed by atoms with Crippen molar-refractivity contribution in [2.75, 3.05) is 23.3 Å². The van der Waals surface area contributed by atoms with Crippen molar-refractivity contribution in [2.24, 2.45) is 0 Å². The van der Waals surface area contributed by atoms with Gasteiger partial charge in [0, 0.05) is 19.2 Å². The molecule has 8 nitrogen and oxygen atoms in total. The molecule has 0 fully saturated rings. The lowest BCUT2D eigenvalue weighted by atomic mass is 10.0. The molecule has 0 bridgehead atoms. The molecule has 0 aliphatic carbocycles. The van der Waals surface area contributed by atoms with Gasteiger partial charge in [0.05, 0.1) is 29.4 Å². The molecule has 0 unspecified atom stereocenters. The van der Waals surface area contributed by atoms with Gasteiger partial charge in [-0.1, -0.05) is 0 Å². The molecule has 31 heavy (non-hydrogen) atoms. The Bertz CT molecular complexity index is 1110. The van der Waals surface area contributed by atoms with Crippen LogP contribution in [0.2, 0.25) is 0 Å². The summed E-state index contributed by atoms with van der Waals surface area (Å²) in [5, 5.41) is 0. The summed E-state index contributed by atoms with van der Waals surface area (Å²) < 4.78 is 39.1. The van der Waals surface area contributed by atoms with Crippen LogP contribution in [0.5, 0.6) is 5.75 Å². The summed E-state index contributed by atoms with van der Waals surface area (Å²) >= 11 is 0. The number of hydrogen-bond donors (Lipinski definition) is 1. The Balaban J connectivity index is 1.93. The summed E-state index contributed by atoms with van der Waals surface area (Å²) in [6.45, 7) is 5.57. The molecule has 2 aromatic carbocycles. The van der Waals surface area contributed by atoms with Crippen LogP contribution in [0.4, 0.5) is 11.4 Å². The third kappa shape index (κ3) is 4.99. The summed E-state index contributed by atoms with van der Waals surface area (Å²) in [6, 6.07) is 9.10. The molecular weight excluding hydrogens is 420 g/mol. The molecule has 0 radical (unpaired) electrons. The Hall–Kier alpha value is -3.07. The van der Waals surface area contributed by atoms with Crippen molar-refractivity contribution in [3.63, 3.8) is 0 Å². The average molecular weight is 447 g/mol. The van der Waals surface area contributed by atoms with E-state index in [0.29, 0.717) is 13.0 Å². The van der Waals surface area contributed by atoms with Crippen molar-refractivity contribution in [3.05, 3.63) is 47.5 Å². The molecule has 0 aromatic heterocycles. The molecule has 3 rings (SSSR count). The van der Waals surface area contributed by atoms with Crippen LogP contribution in [0.25, 0.3) is 0 Å². The van der Waals surface area contributed by atoms with E-state index in [-0.39, 0.29) is 33.9 Å². The van der Waals surface area contributed by atoms with Crippen LogP contribution in [0.15, 0.2) is 41.3 Å². The standard InChI is InChI=1S/C22H26N2O6S/c1-14(2)30-22(26)17-7-10-21(29-4)19(13-17)23-31(27,28)18-8-9-20-16(12-18)6-5-11-24(20)15(3)25/h7-10,12-14,23H,5-6,11H2,1-4H3. The highest BCUT2D eigenvalue weighted by molar-refractivity contribution is 7.92. The van der Waals surface area contributed by atoms with Crippen LogP contribution >= 0.6 is 0 Å². The SMILES string of the molecule is COc1ccc(C(=O)OC(C)C)cc1NS(=O)(=O)c1ccc2c(c1)CCCN2C(C)=O. The molecule has 1 aliphatic rings. The van der Waals surface area contributed by atoms with Crippen LogP contribution in [-0.2, 0) is 26.0 Å². The summed E-state index contributed by atoms with van der Waals surface area (Å²) in [5.41, 5.74) is 1.86. The highest BCUT2D eigenvalue weighted by atomic mass is 32.2. The second-order valence-corrected chi connectivity index (χ2v) is 9.22. The highest BCUT2D eigenvalue weighted by Gasteiger charge is 2.24. The third-order valence-corrected chi connectivity index (χ3v) is 6.25. The molecule has 1 heterocycles. The van der Waals surface area contributed by atoms with Crippen molar-refractivity contribution < 1.29 is 27.5 Å². The third-order valence-electron chi connectivity index (χ3n) is 4.88. The van der Waals surface area contributed by atoms with Gasteiger partial charge in [0.2, 0.25) is 5.91 Å². The molecule has 0 atom stereocenters. The van der Waals surface area contributed by atoms with E-state index >= 15 is 0 Å². The predicted octanol–water partition coefficient (Wildman–Crippen LogP) is 3.36. The van der Waals surface area contributed by atoms with E-state index in [1.807, 2.05) is 0 Å². The van der Waals surface area contributed by atoms with Gasteiger partial charge >= 0.3 is 5.97 Å². The van der Waals surface area contributed by atoms with E-state index in [0.717, 1.165) is 17.7 Å². The molecule has 2 aromatic rings. The van der Waals surface area contributed by atoms with E-state index in [2.05, 4.69) is 4.72 Å². The first-order valence-corrected chi connectivity index (χ1v) is 11.4. The molecule has 0 spiro atoms. The average Bonchev–Trinajstić information content (AvgIpc) is 2.71. The minimum absolute atomic E-state index is 0.0638. The van der Waals surface area contributed by atoms with Gasteiger partial charge in [0.25, 0.3) is 10.0 Å². The first-order chi connectivity index (χ1) is 14.6. The van der Waals surface area contributed by atoms with Gasteiger partial charge < -0.3 is 14.4 Å². The van der Waals surface area contributed by atoms with E-state index in [9.17, 15) is 18.0 Å². The minimum atomic E-state index is -3.97. The number of hydrogen-bond acceptors (Lipinski definition) is 6. The largest absolute Gasteiger partial charge is 0.495 e. The van der Waals surface area contributed by atoms with Crippen molar-refractivity contribution in [3.8, 4) is 5.75 Å². The van der Waals surface area contributed by atoms with Gasteiger partial charge in [0.15, 0.2) is 0 Å². The number of carbonyl (C=O) groups excluding carboxylic acids is 2. The maximum Gasteiger partial charge on any atom is 0.338 e. The summed E-state index contributed by atoms with van der Waals surface area (Å²) in [5.74, 6) is -0.369. The Morgan fingerprint density at radius 1 is 1.13 bits per heavy atom. The minimum Gasteiger partial charge on any atom is -0.495 e. The molecule has 0 saturated carbocycles. The number of fused-ring (bicyclic) bond motifs is 1. The number of amides is 1. The summed E-state index contributed by atoms with van der Waals surface area (Å²) in [7, 11) is -2.56. The summed E-state index contributed by atoms with van der Waals surface area (Å²) in [4.78, 5) is 25.8. The predicted molar refractivity (Wildman–Crippen MR) is 117 cm³/mol. The fourth-order valence-electron chi connectivity index (χ4n) is 3.47. The van der Waals surface area contributed by atoms with E-state index < -0.39 is 16.0 Å². The monoisotopic (exact) mass is 446 g/mol. The Kier molecular flexibility index (Phi) is 6.54. The highest BCUT2D eigenvalue weighted by Crippen LogP contribution is 2.32. The lowest BCUT2D eigenvalue weighted by molar-refractivity contribution is -0.116. The maximum atomic E-state index is 13.1. The van der Waals surface area contributed by atoms with Crippen molar-refractivity contribution >= 4 is 33.3 Å². The van der Waals surface area contributed by atoms with Gasteiger partial charge in [-0.3, -0.25) is 9.52 Å². The van der Waals surface area contributed by atoms with Crippen LogP contribution < -0.4 is 14.4 Å². The molecule has 9 heteroatoms. The van der Waals surface area contributed by atoms with Crippen LogP contribution in [0, 0.1) is 0 Å². The number of nitrogens with one attached hydrogen (secondary N) is 1. The zero-order valence-corrected chi connectivity index (χ0v) is 18.8. The quantitative estimate of drug-likeness (QED) is 0.683. The first kappa shape index (κ1) is 22.6. The Labute approximate surface area is 182 Å². The van der Waals surface area contributed by atoms with E-state index in [1.54, 1.807) is 30.9 Å². The molecule has 166 valence electrons. The van der Waals surface area contributed by atoms with Crippen molar-refractivity contribution in [1.29, 1.82) is 0 Å². The normalized spacial score (nSPS) is 13.5. The number of aryl methyl sites for hydroxylation is 1. The number of anilines is 2. The number of ether oxygens (including phenoxy) is 2. The molecule has 0 saturated heterocycles. The number of rotatable bonds is 6. The van der Waals surface area contributed by atoms with E-state index in [1.165, 1.54) is 38.3 Å². The first-order valence-electron chi connectivity index (χ1n) is 9.95. The van der Waals surface area contributed by atoms with Crippen molar-refractivity contribution in [2.45, 2.75) is 44.6 Å². The molecule has 1 aliphatic heterocycles. The zero-order valence-electron chi connectivity index (χ0n) is 18.0. The van der Waals surface area contributed by atoms with Gasteiger partial charge in [-0.05, 0) is 68.7 Å². The number of methoxy groups -OCH3 is 1. The Morgan fingerprint density at radius 2 is 1.87 bits per heavy atom. The smallest absolute Gasteiger partial charge is 0.338 e. The fourth-order valence-corrected chi connectivity index (χ4v) is 4.58. The zero-order chi connectivity index (χ0) is 22.8. The number of sulfonamides is 1. The van der Waals surface area contributed by atoms with Crippen molar-refractivity contribution in [1.82, 2.24) is 0 Å². The molecule has 1 N–H and O–H groups in total.